The van der Waals surface area contributed by atoms with E-state index in [1.807, 2.05) is 58.4 Å². The van der Waals surface area contributed by atoms with Crippen molar-refractivity contribution < 1.29 is 14.6 Å². The van der Waals surface area contributed by atoms with Gasteiger partial charge in [0.25, 0.3) is 0 Å². The third kappa shape index (κ3) is 2.90. The van der Waals surface area contributed by atoms with Crippen molar-refractivity contribution in [3.05, 3.63) is 18.0 Å². The third-order valence-corrected chi connectivity index (χ3v) is 3.65. The minimum absolute atomic E-state index is 0.299. The predicted octanol–water partition coefficient (Wildman–Crippen LogP) is 3.45. The maximum Gasteiger partial charge on any atom is 0.147 e. The molecule has 0 saturated carbocycles. The largest absolute Gasteiger partial charge is 0.492 e. The Morgan fingerprint density at radius 3 is 2.23 bits per heavy atom. The summed E-state index contributed by atoms with van der Waals surface area (Å²) < 4.78 is 13.3. The smallest absolute Gasteiger partial charge is 0.147 e. The average molecular weight is 306 g/mol. The second-order valence-electron chi connectivity index (χ2n) is 6.42. The lowest BCUT2D eigenvalue weighted by molar-refractivity contribution is 0.0529. The lowest BCUT2D eigenvalue weighted by atomic mass is 9.89. The van der Waals surface area contributed by atoms with Crippen LogP contribution in [0.25, 0.3) is 11.0 Å². The van der Waals surface area contributed by atoms with E-state index < -0.39 is 6.10 Å². The maximum atomic E-state index is 10.6. The van der Waals surface area contributed by atoms with Crippen molar-refractivity contribution in [2.24, 2.45) is 12.5 Å². The number of aliphatic hydroxyl groups excluding tert-OH is 1. The van der Waals surface area contributed by atoms with Crippen LogP contribution in [0.15, 0.2) is 12.1 Å². The first-order valence-electron chi connectivity index (χ1n) is 7.74. The lowest BCUT2D eigenvalue weighted by Gasteiger charge is -2.25. The van der Waals surface area contributed by atoms with Crippen LogP contribution in [0.3, 0.4) is 0 Å². The Morgan fingerprint density at radius 2 is 1.68 bits per heavy atom. The van der Waals surface area contributed by atoms with Gasteiger partial charge < -0.3 is 19.1 Å². The number of nitrogens with zero attached hydrogens (tertiary/aromatic N) is 2. The zero-order valence-electron chi connectivity index (χ0n) is 14.3. The van der Waals surface area contributed by atoms with Gasteiger partial charge >= 0.3 is 0 Å². The number of hydrogen-bond donors (Lipinski definition) is 1. The number of aryl methyl sites for hydroxylation is 1. The van der Waals surface area contributed by atoms with Crippen molar-refractivity contribution in [1.82, 2.24) is 9.55 Å². The van der Waals surface area contributed by atoms with E-state index in [1.165, 1.54) is 0 Å². The molecular weight excluding hydrogens is 280 g/mol. The molecule has 0 saturated heterocycles. The van der Waals surface area contributed by atoms with Crippen molar-refractivity contribution in [3.63, 3.8) is 0 Å². The molecule has 5 heteroatoms. The number of imidazole rings is 1. The first-order chi connectivity index (χ1) is 10.3. The molecule has 0 bridgehead atoms. The fourth-order valence-electron chi connectivity index (χ4n) is 2.45. The van der Waals surface area contributed by atoms with Gasteiger partial charge in [-0.2, -0.15) is 0 Å². The van der Waals surface area contributed by atoms with E-state index in [1.54, 1.807) is 0 Å². The van der Waals surface area contributed by atoms with Gasteiger partial charge in [0.05, 0.1) is 13.2 Å². The Labute approximate surface area is 131 Å². The first-order valence-corrected chi connectivity index (χ1v) is 7.74. The molecule has 5 nitrogen and oxygen atoms in total. The van der Waals surface area contributed by atoms with Gasteiger partial charge in [0.2, 0.25) is 0 Å². The number of hydrogen-bond acceptors (Lipinski definition) is 4. The molecule has 1 aromatic heterocycles. The van der Waals surface area contributed by atoms with E-state index in [4.69, 9.17) is 9.47 Å². The minimum Gasteiger partial charge on any atom is -0.492 e. The van der Waals surface area contributed by atoms with Gasteiger partial charge in [0.1, 0.15) is 34.5 Å². The number of fused-ring (bicyclic) bond motifs is 1. The molecule has 1 atom stereocenters. The lowest BCUT2D eigenvalue weighted by Crippen LogP contribution is -2.21. The molecule has 0 aliphatic heterocycles. The van der Waals surface area contributed by atoms with Crippen molar-refractivity contribution in [1.29, 1.82) is 0 Å². The highest BCUT2D eigenvalue weighted by Gasteiger charge is 2.29. The summed E-state index contributed by atoms with van der Waals surface area (Å²) >= 11 is 0. The Kier molecular flexibility index (Phi) is 4.66. The summed E-state index contributed by atoms with van der Waals surface area (Å²) in [7, 11) is 1.90. The summed E-state index contributed by atoms with van der Waals surface area (Å²) in [6, 6.07) is 3.77. The van der Waals surface area contributed by atoms with Gasteiger partial charge in [-0.3, -0.25) is 0 Å². The Morgan fingerprint density at radius 1 is 1.14 bits per heavy atom. The van der Waals surface area contributed by atoms with Gasteiger partial charge in [0, 0.05) is 7.05 Å². The molecule has 2 rings (SSSR count). The second-order valence-corrected chi connectivity index (χ2v) is 6.42. The van der Waals surface area contributed by atoms with Crippen molar-refractivity contribution in [3.8, 4) is 11.5 Å². The molecular formula is C17H26N2O3. The molecule has 1 heterocycles. The van der Waals surface area contributed by atoms with Crippen molar-refractivity contribution >= 4 is 11.0 Å². The summed E-state index contributed by atoms with van der Waals surface area (Å²) in [5, 5.41) is 10.6. The Hall–Kier alpha value is -1.75. The van der Waals surface area contributed by atoms with Gasteiger partial charge in [-0.1, -0.05) is 20.8 Å². The van der Waals surface area contributed by atoms with Crippen LogP contribution in [-0.4, -0.2) is 27.9 Å². The Bertz CT molecular complexity index is 656. The van der Waals surface area contributed by atoms with E-state index in [0.29, 0.717) is 24.8 Å². The van der Waals surface area contributed by atoms with Gasteiger partial charge in [0.15, 0.2) is 0 Å². The molecule has 122 valence electrons. The zero-order valence-corrected chi connectivity index (χ0v) is 14.3. The summed E-state index contributed by atoms with van der Waals surface area (Å²) in [6.07, 6.45) is -0.672. The van der Waals surface area contributed by atoms with Crippen LogP contribution in [0.2, 0.25) is 0 Å². The van der Waals surface area contributed by atoms with Crippen LogP contribution < -0.4 is 9.47 Å². The number of rotatable bonds is 5. The predicted molar refractivity (Wildman–Crippen MR) is 87.5 cm³/mol. The minimum atomic E-state index is -0.672. The van der Waals surface area contributed by atoms with Gasteiger partial charge in [-0.05, 0) is 31.4 Å². The summed E-state index contributed by atoms with van der Waals surface area (Å²) in [6.45, 7) is 11.0. The number of aromatic nitrogens is 2. The number of ether oxygens (including phenoxy) is 2. The summed E-state index contributed by atoms with van der Waals surface area (Å²) in [4.78, 5) is 4.65. The standard InChI is InChI=1S/C17H26N2O3/c1-7-21-11-9-10-12(22-8-2)14-13(11)18-16(19(14)6)15(20)17(3,4)5/h9-10,15,20H,7-8H2,1-6H3/t15-/m1/s1. The van der Waals surface area contributed by atoms with Crippen LogP contribution in [0.4, 0.5) is 0 Å². The maximum absolute atomic E-state index is 10.6. The van der Waals surface area contributed by atoms with E-state index in [0.717, 1.165) is 16.8 Å². The van der Waals surface area contributed by atoms with Crippen LogP contribution >= 0.6 is 0 Å². The molecule has 1 N–H and O–H groups in total. The quantitative estimate of drug-likeness (QED) is 0.919. The molecule has 1 aromatic carbocycles. The fourth-order valence-corrected chi connectivity index (χ4v) is 2.45. The van der Waals surface area contributed by atoms with E-state index >= 15 is 0 Å². The number of aliphatic hydroxyl groups is 1. The third-order valence-electron chi connectivity index (χ3n) is 3.65. The van der Waals surface area contributed by atoms with Crippen molar-refractivity contribution in [2.45, 2.75) is 40.7 Å². The molecule has 0 spiro atoms. The molecule has 2 aromatic rings. The van der Waals surface area contributed by atoms with Crippen LogP contribution in [-0.2, 0) is 7.05 Å². The Balaban J connectivity index is 2.69. The monoisotopic (exact) mass is 306 g/mol. The van der Waals surface area contributed by atoms with E-state index in [-0.39, 0.29) is 5.41 Å². The zero-order chi connectivity index (χ0) is 16.5. The van der Waals surface area contributed by atoms with Gasteiger partial charge in [-0.15, -0.1) is 0 Å². The van der Waals surface area contributed by atoms with Crippen LogP contribution in [0.1, 0.15) is 46.5 Å². The summed E-state index contributed by atoms with van der Waals surface area (Å²) in [5.41, 5.74) is 1.28. The highest BCUT2D eigenvalue weighted by Crippen LogP contribution is 2.38. The highest BCUT2D eigenvalue weighted by molar-refractivity contribution is 5.88. The van der Waals surface area contributed by atoms with E-state index in [2.05, 4.69) is 4.98 Å². The molecule has 0 amide bonds. The molecule has 0 aliphatic rings. The highest BCUT2D eigenvalue weighted by atomic mass is 16.5. The molecule has 0 fully saturated rings. The SMILES string of the molecule is CCOc1ccc(OCC)c2c1nc([C@@H](O)C(C)(C)C)n2C. The molecule has 0 aliphatic carbocycles. The van der Waals surface area contributed by atoms with Crippen molar-refractivity contribution in [2.75, 3.05) is 13.2 Å². The van der Waals surface area contributed by atoms with Crippen LogP contribution in [0.5, 0.6) is 11.5 Å². The number of benzene rings is 1. The average Bonchev–Trinajstić information content (AvgIpc) is 2.78. The van der Waals surface area contributed by atoms with E-state index in [9.17, 15) is 5.11 Å². The molecule has 0 unspecified atom stereocenters. The normalized spacial score (nSPS) is 13.4. The summed E-state index contributed by atoms with van der Waals surface area (Å²) in [5.74, 6) is 2.09. The fraction of sp³-hybridized carbons (Fsp3) is 0.588. The second kappa shape index (κ2) is 6.16. The van der Waals surface area contributed by atoms with Crippen LogP contribution in [0, 0.1) is 5.41 Å². The molecule has 22 heavy (non-hydrogen) atoms. The topological polar surface area (TPSA) is 56.5 Å². The molecule has 0 radical (unpaired) electrons. The van der Waals surface area contributed by atoms with Gasteiger partial charge in [-0.25, -0.2) is 4.98 Å². The first kappa shape index (κ1) is 16.6.